The molecule has 1 aromatic heterocycles. The smallest absolute Gasteiger partial charge is 0.310 e. The highest BCUT2D eigenvalue weighted by atomic mass is 16.5. The summed E-state index contributed by atoms with van der Waals surface area (Å²) in [6.45, 7) is 0.665. The van der Waals surface area contributed by atoms with Crippen molar-refractivity contribution >= 4 is 5.97 Å². The predicted octanol–water partition coefficient (Wildman–Crippen LogP) is 1.36. The molecule has 4 heteroatoms. The Kier molecular flexibility index (Phi) is 3.62. The SMILES string of the molecule is COC(=O)C(CNC1CC1)Cc1ccco1. The molecule has 1 aliphatic carbocycles. The fourth-order valence-electron chi connectivity index (χ4n) is 1.67. The Bertz CT molecular complexity index is 330. The van der Waals surface area contributed by atoms with E-state index in [2.05, 4.69) is 5.32 Å². The van der Waals surface area contributed by atoms with Crippen molar-refractivity contribution in [1.29, 1.82) is 0 Å². The molecule has 0 radical (unpaired) electrons. The Labute approximate surface area is 95.0 Å². The van der Waals surface area contributed by atoms with Gasteiger partial charge in [-0.2, -0.15) is 0 Å². The molecule has 1 atom stereocenters. The Morgan fingerprint density at radius 3 is 3.06 bits per heavy atom. The number of nitrogens with one attached hydrogen (secondary N) is 1. The van der Waals surface area contributed by atoms with E-state index in [0.717, 1.165) is 5.76 Å². The molecule has 0 saturated heterocycles. The van der Waals surface area contributed by atoms with E-state index in [1.54, 1.807) is 6.26 Å². The molecule has 4 nitrogen and oxygen atoms in total. The van der Waals surface area contributed by atoms with E-state index in [4.69, 9.17) is 9.15 Å². The van der Waals surface area contributed by atoms with E-state index in [9.17, 15) is 4.79 Å². The molecule has 0 aromatic carbocycles. The first-order valence-corrected chi connectivity index (χ1v) is 5.63. The molecule has 0 spiro atoms. The molecule has 0 aliphatic heterocycles. The van der Waals surface area contributed by atoms with E-state index in [1.165, 1.54) is 20.0 Å². The second-order valence-electron chi connectivity index (χ2n) is 4.19. The van der Waals surface area contributed by atoms with Gasteiger partial charge in [0.1, 0.15) is 5.76 Å². The molecule has 1 heterocycles. The zero-order valence-electron chi connectivity index (χ0n) is 9.44. The summed E-state index contributed by atoms with van der Waals surface area (Å²) >= 11 is 0. The number of carbonyl (C=O) groups is 1. The van der Waals surface area contributed by atoms with Crippen LogP contribution in [0, 0.1) is 5.92 Å². The van der Waals surface area contributed by atoms with Gasteiger partial charge in [0, 0.05) is 19.0 Å². The zero-order chi connectivity index (χ0) is 11.4. The van der Waals surface area contributed by atoms with Crippen LogP contribution in [-0.4, -0.2) is 25.7 Å². The van der Waals surface area contributed by atoms with Crippen LogP contribution in [0.1, 0.15) is 18.6 Å². The molecule has 0 bridgehead atoms. The number of hydrogen-bond donors (Lipinski definition) is 1. The van der Waals surface area contributed by atoms with Gasteiger partial charge >= 0.3 is 5.97 Å². The Balaban J connectivity index is 1.87. The van der Waals surface area contributed by atoms with Gasteiger partial charge in [-0.05, 0) is 25.0 Å². The maximum atomic E-state index is 11.6. The number of rotatable bonds is 6. The summed E-state index contributed by atoms with van der Waals surface area (Å²) in [5.41, 5.74) is 0. The van der Waals surface area contributed by atoms with E-state index in [0.29, 0.717) is 19.0 Å². The summed E-state index contributed by atoms with van der Waals surface area (Å²) in [5, 5.41) is 3.34. The lowest BCUT2D eigenvalue weighted by atomic mass is 10.0. The lowest BCUT2D eigenvalue weighted by molar-refractivity contribution is -0.145. The van der Waals surface area contributed by atoms with Crippen LogP contribution in [0.3, 0.4) is 0 Å². The van der Waals surface area contributed by atoms with Gasteiger partial charge < -0.3 is 14.5 Å². The van der Waals surface area contributed by atoms with Gasteiger partial charge in [0.2, 0.25) is 0 Å². The van der Waals surface area contributed by atoms with Crippen LogP contribution in [0.2, 0.25) is 0 Å². The molecule has 16 heavy (non-hydrogen) atoms. The van der Waals surface area contributed by atoms with Crippen molar-refractivity contribution < 1.29 is 13.9 Å². The van der Waals surface area contributed by atoms with Gasteiger partial charge in [-0.15, -0.1) is 0 Å². The number of esters is 1. The number of carbonyl (C=O) groups excluding carboxylic acids is 1. The molecule has 1 unspecified atom stereocenters. The third-order valence-electron chi connectivity index (χ3n) is 2.79. The summed E-state index contributed by atoms with van der Waals surface area (Å²) in [6.07, 6.45) is 4.65. The number of ether oxygens (including phenoxy) is 1. The third kappa shape index (κ3) is 3.10. The molecule has 1 saturated carbocycles. The lowest BCUT2D eigenvalue weighted by Gasteiger charge is -2.13. The zero-order valence-corrected chi connectivity index (χ0v) is 9.44. The van der Waals surface area contributed by atoms with Gasteiger partial charge in [-0.25, -0.2) is 0 Å². The van der Waals surface area contributed by atoms with Crippen LogP contribution in [0.15, 0.2) is 22.8 Å². The second kappa shape index (κ2) is 5.16. The lowest BCUT2D eigenvalue weighted by Crippen LogP contribution is -2.32. The molecule has 88 valence electrons. The molecule has 1 aliphatic rings. The highest BCUT2D eigenvalue weighted by Crippen LogP contribution is 2.19. The van der Waals surface area contributed by atoms with Gasteiger partial charge in [-0.1, -0.05) is 0 Å². The standard InChI is InChI=1S/C12H17NO3/c1-15-12(14)9(8-13-10-4-5-10)7-11-3-2-6-16-11/h2-3,6,9-10,13H,4-5,7-8H2,1H3. The fourth-order valence-corrected chi connectivity index (χ4v) is 1.67. The predicted molar refractivity (Wildman–Crippen MR) is 58.9 cm³/mol. The number of methoxy groups -OCH3 is 1. The minimum Gasteiger partial charge on any atom is -0.469 e. The molecule has 1 aromatic rings. The molecular weight excluding hydrogens is 206 g/mol. The maximum absolute atomic E-state index is 11.6. The van der Waals surface area contributed by atoms with Crippen molar-refractivity contribution in [2.24, 2.45) is 5.92 Å². The average molecular weight is 223 g/mol. The van der Waals surface area contributed by atoms with Crippen molar-refractivity contribution in [1.82, 2.24) is 5.32 Å². The first kappa shape index (κ1) is 11.2. The van der Waals surface area contributed by atoms with E-state index < -0.39 is 0 Å². The van der Waals surface area contributed by atoms with E-state index in [-0.39, 0.29) is 11.9 Å². The topological polar surface area (TPSA) is 51.5 Å². The minimum atomic E-state index is -0.176. The van der Waals surface area contributed by atoms with Gasteiger partial charge in [0.15, 0.2) is 0 Å². The van der Waals surface area contributed by atoms with Crippen LogP contribution >= 0.6 is 0 Å². The highest BCUT2D eigenvalue weighted by molar-refractivity contribution is 5.72. The van der Waals surface area contributed by atoms with Crippen LogP contribution < -0.4 is 5.32 Å². The first-order valence-electron chi connectivity index (χ1n) is 5.63. The van der Waals surface area contributed by atoms with Crippen molar-refractivity contribution in [2.45, 2.75) is 25.3 Å². The summed E-state index contributed by atoms with van der Waals surface area (Å²) in [5.74, 6) is 0.495. The molecule has 1 N–H and O–H groups in total. The summed E-state index contributed by atoms with van der Waals surface area (Å²) in [6, 6.07) is 4.31. The van der Waals surface area contributed by atoms with Crippen LogP contribution in [0.25, 0.3) is 0 Å². The monoisotopic (exact) mass is 223 g/mol. The summed E-state index contributed by atoms with van der Waals surface area (Å²) < 4.78 is 10.0. The van der Waals surface area contributed by atoms with Crippen LogP contribution in [0.5, 0.6) is 0 Å². The average Bonchev–Trinajstić information content (AvgIpc) is 2.99. The van der Waals surface area contributed by atoms with Crippen molar-refractivity contribution in [3.05, 3.63) is 24.2 Å². The van der Waals surface area contributed by atoms with Crippen LogP contribution in [0.4, 0.5) is 0 Å². The normalized spacial score (nSPS) is 17.1. The number of hydrogen-bond acceptors (Lipinski definition) is 4. The highest BCUT2D eigenvalue weighted by Gasteiger charge is 2.26. The van der Waals surface area contributed by atoms with Crippen molar-refractivity contribution in [2.75, 3.05) is 13.7 Å². The fraction of sp³-hybridized carbons (Fsp3) is 0.583. The van der Waals surface area contributed by atoms with E-state index in [1.807, 2.05) is 12.1 Å². The number of furan rings is 1. The first-order chi connectivity index (χ1) is 7.79. The molecule has 1 fully saturated rings. The molecular formula is C12H17NO3. The minimum absolute atomic E-state index is 0.156. The Hall–Kier alpha value is -1.29. The van der Waals surface area contributed by atoms with Crippen molar-refractivity contribution in [3.63, 3.8) is 0 Å². The second-order valence-corrected chi connectivity index (χ2v) is 4.19. The van der Waals surface area contributed by atoms with Crippen LogP contribution in [-0.2, 0) is 16.0 Å². The van der Waals surface area contributed by atoms with Crippen molar-refractivity contribution in [3.8, 4) is 0 Å². The largest absolute Gasteiger partial charge is 0.469 e. The quantitative estimate of drug-likeness (QED) is 0.740. The van der Waals surface area contributed by atoms with Gasteiger partial charge in [0.05, 0.1) is 19.3 Å². The Morgan fingerprint density at radius 2 is 2.50 bits per heavy atom. The third-order valence-corrected chi connectivity index (χ3v) is 2.79. The Morgan fingerprint density at radius 1 is 1.69 bits per heavy atom. The maximum Gasteiger partial charge on any atom is 0.310 e. The summed E-state index contributed by atoms with van der Waals surface area (Å²) in [4.78, 5) is 11.6. The summed E-state index contributed by atoms with van der Waals surface area (Å²) in [7, 11) is 1.43. The molecule has 2 rings (SSSR count). The molecule has 0 amide bonds. The van der Waals surface area contributed by atoms with E-state index >= 15 is 0 Å². The van der Waals surface area contributed by atoms with Gasteiger partial charge in [0.25, 0.3) is 0 Å². The van der Waals surface area contributed by atoms with Gasteiger partial charge in [-0.3, -0.25) is 4.79 Å².